The molecule has 0 aromatic carbocycles. The molecule has 0 bridgehead atoms. The summed E-state index contributed by atoms with van der Waals surface area (Å²) in [4.78, 5) is 11.3. The highest BCUT2D eigenvalue weighted by Crippen LogP contribution is 2.10. The first-order valence-corrected chi connectivity index (χ1v) is 4.46. The number of hydrogen-bond donors (Lipinski definition) is 0. The van der Waals surface area contributed by atoms with Gasteiger partial charge in [0, 0.05) is 0 Å². The molecule has 0 aliphatic heterocycles. The predicted molar refractivity (Wildman–Crippen MR) is 56.0 cm³/mol. The van der Waals surface area contributed by atoms with Crippen LogP contribution in [0, 0.1) is 0 Å². The van der Waals surface area contributed by atoms with E-state index in [0.29, 0.717) is 12.2 Å². The Labute approximate surface area is 85.4 Å². The summed E-state index contributed by atoms with van der Waals surface area (Å²) in [7, 11) is 0. The minimum absolute atomic E-state index is 0.181. The van der Waals surface area contributed by atoms with E-state index in [-0.39, 0.29) is 6.61 Å². The van der Waals surface area contributed by atoms with E-state index in [1.54, 1.807) is 6.08 Å². The number of hydrogen-bond acceptors (Lipinski definition) is 3. The summed E-state index contributed by atoms with van der Waals surface area (Å²) in [6.45, 7) is 13.1. The molecule has 0 atom stereocenters. The molecular weight excluding hydrogens is 180 g/mol. The van der Waals surface area contributed by atoms with Gasteiger partial charge in [0.15, 0.2) is 0 Å². The molecule has 14 heavy (non-hydrogen) atoms. The van der Waals surface area contributed by atoms with Crippen LogP contribution >= 0.6 is 0 Å². The fourth-order valence-electron chi connectivity index (χ4n) is 0.675. The van der Waals surface area contributed by atoms with E-state index < -0.39 is 11.6 Å². The average molecular weight is 198 g/mol. The molecule has 0 fully saturated rings. The maximum atomic E-state index is 11.3. The molecule has 0 heterocycles. The monoisotopic (exact) mass is 198 g/mol. The minimum Gasteiger partial charge on any atom is -0.457 e. The third kappa shape index (κ3) is 6.43. The maximum Gasteiger partial charge on any atom is 0.336 e. The van der Waals surface area contributed by atoms with Crippen molar-refractivity contribution in [3.63, 3.8) is 0 Å². The molecule has 80 valence electrons. The van der Waals surface area contributed by atoms with Gasteiger partial charge in [0.1, 0.15) is 5.60 Å². The van der Waals surface area contributed by atoms with Crippen molar-refractivity contribution in [2.75, 3.05) is 13.2 Å². The molecular formula is C11H18O3. The van der Waals surface area contributed by atoms with Gasteiger partial charge in [-0.25, -0.2) is 4.79 Å². The topological polar surface area (TPSA) is 35.5 Å². The van der Waals surface area contributed by atoms with Crippen molar-refractivity contribution in [2.24, 2.45) is 0 Å². The standard InChI is InChI=1S/C11H18O3/c1-6-7-13-8-9(2)10(12)14-11(3,4)5/h6H,1-2,7-8H2,3-5H3. The van der Waals surface area contributed by atoms with Crippen LogP contribution < -0.4 is 0 Å². The molecule has 0 N–H and O–H groups in total. The molecule has 0 radical (unpaired) electrons. The third-order valence-corrected chi connectivity index (χ3v) is 1.20. The molecule has 0 amide bonds. The molecule has 0 saturated carbocycles. The van der Waals surface area contributed by atoms with Gasteiger partial charge in [-0.2, -0.15) is 0 Å². The number of carbonyl (C=O) groups excluding carboxylic acids is 1. The van der Waals surface area contributed by atoms with E-state index in [1.165, 1.54) is 0 Å². The van der Waals surface area contributed by atoms with E-state index in [1.807, 2.05) is 20.8 Å². The lowest BCUT2D eigenvalue weighted by atomic mass is 10.2. The maximum absolute atomic E-state index is 11.3. The Balaban J connectivity index is 3.89. The SMILES string of the molecule is C=CCOCC(=C)C(=O)OC(C)(C)C. The van der Waals surface area contributed by atoms with Crippen molar-refractivity contribution in [2.45, 2.75) is 26.4 Å². The predicted octanol–water partition coefficient (Wildman–Crippen LogP) is 2.09. The number of esters is 1. The van der Waals surface area contributed by atoms with Crippen LogP contribution in [0.2, 0.25) is 0 Å². The van der Waals surface area contributed by atoms with Crippen molar-refractivity contribution in [1.29, 1.82) is 0 Å². The third-order valence-electron chi connectivity index (χ3n) is 1.20. The Morgan fingerprint density at radius 1 is 1.43 bits per heavy atom. The lowest BCUT2D eigenvalue weighted by Crippen LogP contribution is -2.25. The summed E-state index contributed by atoms with van der Waals surface area (Å²) in [6, 6.07) is 0. The highest BCUT2D eigenvalue weighted by Gasteiger charge is 2.18. The zero-order chi connectivity index (χ0) is 11.2. The summed E-state index contributed by atoms with van der Waals surface area (Å²) in [5.41, 5.74) is -0.167. The zero-order valence-corrected chi connectivity index (χ0v) is 9.13. The van der Waals surface area contributed by atoms with Gasteiger partial charge in [0.25, 0.3) is 0 Å². The molecule has 0 aromatic rings. The summed E-state index contributed by atoms with van der Waals surface area (Å²) >= 11 is 0. The molecule has 3 nitrogen and oxygen atoms in total. The molecule has 0 aliphatic carbocycles. The second kappa shape index (κ2) is 5.60. The van der Waals surface area contributed by atoms with E-state index >= 15 is 0 Å². The summed E-state index contributed by atoms with van der Waals surface area (Å²) in [6.07, 6.45) is 1.61. The molecule has 0 aliphatic rings. The summed E-state index contributed by atoms with van der Waals surface area (Å²) < 4.78 is 10.1. The Kier molecular flexibility index (Phi) is 5.16. The Morgan fingerprint density at radius 2 is 2.00 bits per heavy atom. The van der Waals surface area contributed by atoms with Crippen LogP contribution in [-0.4, -0.2) is 24.8 Å². The smallest absolute Gasteiger partial charge is 0.336 e. The number of carbonyl (C=O) groups is 1. The number of rotatable bonds is 5. The minimum atomic E-state index is -0.488. The number of ether oxygens (including phenoxy) is 2. The van der Waals surface area contributed by atoms with E-state index in [0.717, 1.165) is 0 Å². The quantitative estimate of drug-likeness (QED) is 0.294. The Morgan fingerprint density at radius 3 is 2.43 bits per heavy atom. The van der Waals surface area contributed by atoms with Gasteiger partial charge >= 0.3 is 5.97 Å². The van der Waals surface area contributed by atoms with Crippen molar-refractivity contribution in [3.8, 4) is 0 Å². The summed E-state index contributed by atoms with van der Waals surface area (Å²) in [5, 5.41) is 0. The van der Waals surface area contributed by atoms with Crippen molar-refractivity contribution in [1.82, 2.24) is 0 Å². The largest absolute Gasteiger partial charge is 0.457 e. The molecule has 0 rings (SSSR count). The highest BCUT2D eigenvalue weighted by atomic mass is 16.6. The normalized spacial score (nSPS) is 10.8. The Bertz CT molecular complexity index is 223. The molecule has 3 heteroatoms. The van der Waals surface area contributed by atoms with E-state index in [9.17, 15) is 4.79 Å². The van der Waals surface area contributed by atoms with Gasteiger partial charge < -0.3 is 9.47 Å². The van der Waals surface area contributed by atoms with Gasteiger partial charge in [-0.3, -0.25) is 0 Å². The fourth-order valence-corrected chi connectivity index (χ4v) is 0.675. The zero-order valence-electron chi connectivity index (χ0n) is 9.13. The lowest BCUT2D eigenvalue weighted by molar-refractivity contribution is -0.150. The molecule has 0 aromatic heterocycles. The second-order valence-electron chi connectivity index (χ2n) is 3.91. The average Bonchev–Trinajstić information content (AvgIpc) is 2.01. The lowest BCUT2D eigenvalue weighted by Gasteiger charge is -2.20. The van der Waals surface area contributed by atoms with E-state index in [2.05, 4.69) is 13.2 Å². The Hall–Kier alpha value is -1.09. The first kappa shape index (κ1) is 12.9. The molecule has 0 saturated heterocycles. The van der Waals surface area contributed by atoms with Crippen LogP contribution in [0.25, 0.3) is 0 Å². The van der Waals surface area contributed by atoms with Crippen LogP contribution in [0.5, 0.6) is 0 Å². The first-order valence-electron chi connectivity index (χ1n) is 4.46. The van der Waals surface area contributed by atoms with Crippen molar-refractivity contribution >= 4 is 5.97 Å². The van der Waals surface area contributed by atoms with Gasteiger partial charge in [-0.05, 0) is 20.8 Å². The van der Waals surface area contributed by atoms with Gasteiger partial charge in [0.05, 0.1) is 18.8 Å². The van der Waals surface area contributed by atoms with Gasteiger partial charge in [-0.1, -0.05) is 12.7 Å². The van der Waals surface area contributed by atoms with Crippen LogP contribution in [-0.2, 0) is 14.3 Å². The van der Waals surface area contributed by atoms with Gasteiger partial charge in [0.2, 0.25) is 0 Å². The van der Waals surface area contributed by atoms with Crippen molar-refractivity contribution < 1.29 is 14.3 Å². The van der Waals surface area contributed by atoms with Crippen LogP contribution in [0.1, 0.15) is 20.8 Å². The van der Waals surface area contributed by atoms with E-state index in [4.69, 9.17) is 9.47 Å². The summed E-state index contributed by atoms with van der Waals surface area (Å²) in [5.74, 6) is -0.415. The van der Waals surface area contributed by atoms with Crippen molar-refractivity contribution in [3.05, 3.63) is 24.8 Å². The first-order chi connectivity index (χ1) is 6.37. The van der Waals surface area contributed by atoms with Gasteiger partial charge in [-0.15, -0.1) is 6.58 Å². The van der Waals surface area contributed by atoms with Crippen LogP contribution in [0.15, 0.2) is 24.8 Å². The molecule has 0 unspecified atom stereocenters. The molecule has 0 spiro atoms. The fraction of sp³-hybridized carbons (Fsp3) is 0.545. The van der Waals surface area contributed by atoms with Crippen LogP contribution in [0.4, 0.5) is 0 Å². The van der Waals surface area contributed by atoms with Crippen LogP contribution in [0.3, 0.4) is 0 Å². The highest BCUT2D eigenvalue weighted by molar-refractivity contribution is 5.88. The second-order valence-corrected chi connectivity index (χ2v) is 3.91.